The van der Waals surface area contributed by atoms with Crippen LogP contribution in [0.3, 0.4) is 0 Å². The van der Waals surface area contributed by atoms with Crippen LogP contribution in [0.25, 0.3) is 0 Å². The topological polar surface area (TPSA) is 94.9 Å². The molecule has 0 aliphatic rings. The highest BCUT2D eigenvalue weighted by atomic mass is 32.2. The van der Waals surface area contributed by atoms with Gasteiger partial charge in [-0.15, -0.1) is 0 Å². The second-order valence-corrected chi connectivity index (χ2v) is 5.93. The molecule has 6 nitrogen and oxygen atoms in total. The monoisotopic (exact) mass is 291 g/mol. The molecule has 106 valence electrons. The van der Waals surface area contributed by atoms with Crippen LogP contribution in [0.15, 0.2) is 29.2 Å². The van der Waals surface area contributed by atoms with Crippen LogP contribution in [0.1, 0.15) is 6.92 Å². The Balaban J connectivity index is 3.11. The number of aliphatic hydroxyl groups excluding tert-OH is 1. The van der Waals surface area contributed by atoms with Gasteiger partial charge in [0.2, 0.25) is 10.0 Å². The van der Waals surface area contributed by atoms with E-state index in [0.29, 0.717) is 4.31 Å². The Morgan fingerprint density at radius 3 is 2.32 bits per heavy atom. The number of carboxylic acids is 1. The van der Waals surface area contributed by atoms with E-state index in [2.05, 4.69) is 0 Å². The van der Waals surface area contributed by atoms with E-state index in [4.69, 9.17) is 5.11 Å². The van der Waals surface area contributed by atoms with Crippen LogP contribution >= 0.6 is 0 Å². The van der Waals surface area contributed by atoms with E-state index in [1.165, 1.54) is 6.92 Å². The van der Waals surface area contributed by atoms with E-state index in [9.17, 15) is 22.7 Å². The zero-order valence-electron chi connectivity index (χ0n) is 10.2. The molecule has 0 aliphatic heterocycles. The number of carboxylic acid groups (broad SMARTS) is 1. The molecule has 0 saturated heterocycles. The Bertz CT molecular complexity index is 541. The van der Waals surface area contributed by atoms with Crippen molar-refractivity contribution < 1.29 is 27.8 Å². The molecule has 1 atom stereocenters. The zero-order chi connectivity index (χ0) is 14.6. The molecular formula is C11H14FNO5S. The average molecular weight is 291 g/mol. The summed E-state index contributed by atoms with van der Waals surface area (Å²) in [7, 11) is -4.08. The number of hydrogen-bond acceptors (Lipinski definition) is 4. The summed E-state index contributed by atoms with van der Waals surface area (Å²) < 4.78 is 37.7. The Kier molecular flexibility index (Phi) is 4.98. The second-order valence-electron chi connectivity index (χ2n) is 3.99. The molecule has 2 N–H and O–H groups in total. The summed E-state index contributed by atoms with van der Waals surface area (Å²) in [5.74, 6) is -1.94. The number of aliphatic hydroxyl groups is 1. The first kappa shape index (κ1) is 15.5. The van der Waals surface area contributed by atoms with Crippen LogP contribution in [0.5, 0.6) is 0 Å². The van der Waals surface area contributed by atoms with Gasteiger partial charge in [0.1, 0.15) is 12.4 Å². The van der Waals surface area contributed by atoms with Crippen LogP contribution in [-0.2, 0) is 14.8 Å². The number of carbonyl (C=O) groups is 1. The third-order valence-electron chi connectivity index (χ3n) is 2.23. The van der Waals surface area contributed by atoms with Gasteiger partial charge in [0.15, 0.2) is 0 Å². The summed E-state index contributed by atoms with van der Waals surface area (Å²) in [5.41, 5.74) is 0. The Morgan fingerprint density at radius 2 is 1.89 bits per heavy atom. The van der Waals surface area contributed by atoms with Gasteiger partial charge in [-0.2, -0.15) is 4.31 Å². The van der Waals surface area contributed by atoms with Crippen LogP contribution in [-0.4, -0.2) is 48.1 Å². The molecular weight excluding hydrogens is 277 g/mol. The normalized spacial score (nSPS) is 13.5. The molecule has 0 aromatic heterocycles. The highest BCUT2D eigenvalue weighted by molar-refractivity contribution is 7.89. The minimum Gasteiger partial charge on any atom is -0.480 e. The van der Waals surface area contributed by atoms with Gasteiger partial charge in [-0.05, 0) is 31.2 Å². The average Bonchev–Trinajstić information content (AvgIpc) is 2.27. The lowest BCUT2D eigenvalue weighted by Gasteiger charge is -2.21. The number of hydrogen-bond donors (Lipinski definition) is 2. The molecule has 0 radical (unpaired) electrons. The van der Waals surface area contributed by atoms with E-state index < -0.39 is 34.5 Å². The van der Waals surface area contributed by atoms with Crippen LogP contribution in [0.2, 0.25) is 0 Å². The molecule has 0 saturated carbocycles. The summed E-state index contributed by atoms with van der Waals surface area (Å²) >= 11 is 0. The fourth-order valence-electron chi connectivity index (χ4n) is 1.45. The SMILES string of the molecule is CC(O)CN(CC(=O)O)S(=O)(=O)c1ccc(F)cc1. The molecule has 8 heteroatoms. The molecule has 0 spiro atoms. The van der Waals surface area contributed by atoms with Gasteiger partial charge in [-0.25, -0.2) is 12.8 Å². The van der Waals surface area contributed by atoms with Crippen molar-refractivity contribution in [2.75, 3.05) is 13.1 Å². The lowest BCUT2D eigenvalue weighted by atomic mass is 10.4. The molecule has 1 rings (SSSR count). The number of rotatable bonds is 6. The third-order valence-corrected chi connectivity index (χ3v) is 4.06. The Labute approximate surface area is 110 Å². The van der Waals surface area contributed by atoms with Gasteiger partial charge in [-0.1, -0.05) is 0 Å². The minimum absolute atomic E-state index is 0.226. The van der Waals surface area contributed by atoms with E-state index in [1.807, 2.05) is 0 Å². The fourth-order valence-corrected chi connectivity index (χ4v) is 2.92. The first-order valence-corrected chi connectivity index (χ1v) is 6.83. The predicted octanol–water partition coefficient (Wildman–Crippen LogP) is 0.282. The third kappa shape index (κ3) is 4.27. The molecule has 0 amide bonds. The molecule has 1 unspecified atom stereocenters. The predicted molar refractivity (Wildman–Crippen MR) is 64.5 cm³/mol. The molecule has 19 heavy (non-hydrogen) atoms. The highest BCUT2D eigenvalue weighted by Gasteiger charge is 2.27. The quantitative estimate of drug-likeness (QED) is 0.785. The van der Waals surface area contributed by atoms with Gasteiger partial charge in [0.05, 0.1) is 11.0 Å². The van der Waals surface area contributed by atoms with Gasteiger partial charge in [0.25, 0.3) is 0 Å². The number of sulfonamides is 1. The first-order valence-electron chi connectivity index (χ1n) is 5.39. The van der Waals surface area contributed by atoms with Crippen molar-refractivity contribution in [1.29, 1.82) is 0 Å². The smallest absolute Gasteiger partial charge is 0.318 e. The summed E-state index contributed by atoms with van der Waals surface area (Å²) in [6.45, 7) is 0.214. The van der Waals surface area contributed by atoms with Crippen molar-refractivity contribution in [3.05, 3.63) is 30.1 Å². The van der Waals surface area contributed by atoms with Crippen molar-refractivity contribution in [1.82, 2.24) is 4.31 Å². The summed E-state index contributed by atoms with van der Waals surface area (Å²) in [5, 5.41) is 17.9. The first-order chi connectivity index (χ1) is 8.73. The van der Waals surface area contributed by atoms with Gasteiger partial charge in [0, 0.05) is 6.54 Å². The molecule has 0 bridgehead atoms. The van der Waals surface area contributed by atoms with E-state index >= 15 is 0 Å². The van der Waals surface area contributed by atoms with Crippen LogP contribution < -0.4 is 0 Å². The molecule has 1 aromatic carbocycles. The minimum atomic E-state index is -4.08. The van der Waals surface area contributed by atoms with Gasteiger partial charge >= 0.3 is 5.97 Å². The van der Waals surface area contributed by atoms with E-state index in [0.717, 1.165) is 24.3 Å². The molecule has 1 aromatic rings. The van der Waals surface area contributed by atoms with Crippen molar-refractivity contribution in [3.8, 4) is 0 Å². The second kappa shape index (κ2) is 6.09. The van der Waals surface area contributed by atoms with Crippen molar-refractivity contribution in [2.45, 2.75) is 17.9 Å². The summed E-state index contributed by atoms with van der Waals surface area (Å²) in [6, 6.07) is 4.02. The fraction of sp³-hybridized carbons (Fsp3) is 0.364. The van der Waals surface area contributed by atoms with Crippen LogP contribution in [0, 0.1) is 5.82 Å². The van der Waals surface area contributed by atoms with Gasteiger partial charge in [-0.3, -0.25) is 4.79 Å². The molecule has 0 aliphatic carbocycles. The van der Waals surface area contributed by atoms with Gasteiger partial charge < -0.3 is 10.2 Å². The highest BCUT2D eigenvalue weighted by Crippen LogP contribution is 2.16. The Morgan fingerprint density at radius 1 is 1.37 bits per heavy atom. The standard InChI is InChI=1S/C11H14FNO5S/c1-8(14)6-13(7-11(15)16)19(17,18)10-4-2-9(12)3-5-10/h2-5,8,14H,6-7H2,1H3,(H,15,16). The maximum Gasteiger partial charge on any atom is 0.318 e. The van der Waals surface area contributed by atoms with Crippen LogP contribution in [0.4, 0.5) is 4.39 Å². The number of nitrogens with zero attached hydrogens (tertiary/aromatic N) is 1. The van der Waals surface area contributed by atoms with E-state index in [-0.39, 0.29) is 11.4 Å². The lowest BCUT2D eigenvalue weighted by Crippen LogP contribution is -2.40. The summed E-state index contributed by atoms with van der Waals surface area (Å²) in [4.78, 5) is 10.4. The maximum atomic E-state index is 12.8. The van der Waals surface area contributed by atoms with Crippen molar-refractivity contribution in [3.63, 3.8) is 0 Å². The lowest BCUT2D eigenvalue weighted by molar-refractivity contribution is -0.137. The summed E-state index contributed by atoms with van der Waals surface area (Å²) in [6.07, 6.45) is -1.02. The Hall–Kier alpha value is -1.51. The molecule has 0 heterocycles. The maximum absolute atomic E-state index is 12.8. The number of aliphatic carboxylic acids is 1. The van der Waals surface area contributed by atoms with Crippen molar-refractivity contribution in [2.24, 2.45) is 0 Å². The number of benzene rings is 1. The molecule has 0 fully saturated rings. The van der Waals surface area contributed by atoms with E-state index in [1.54, 1.807) is 0 Å². The zero-order valence-corrected chi connectivity index (χ0v) is 11.0. The van der Waals surface area contributed by atoms with Crippen molar-refractivity contribution >= 4 is 16.0 Å². The number of halogens is 1. The largest absolute Gasteiger partial charge is 0.480 e.